The van der Waals surface area contributed by atoms with E-state index >= 15 is 0 Å². The third-order valence-corrected chi connectivity index (χ3v) is 2.69. The van der Waals surface area contributed by atoms with E-state index < -0.39 is 0 Å². The van der Waals surface area contributed by atoms with Crippen molar-refractivity contribution in [1.29, 1.82) is 0 Å². The molecule has 0 unspecified atom stereocenters. The van der Waals surface area contributed by atoms with Gasteiger partial charge in [-0.2, -0.15) is 0 Å². The van der Waals surface area contributed by atoms with Gasteiger partial charge in [-0.3, -0.25) is 0 Å². The molecule has 1 aromatic rings. The first-order valence-electron chi connectivity index (χ1n) is 5.82. The number of carbonyl (C=O) groups excluding carboxylic acids is 1. The molecule has 0 heterocycles. The van der Waals surface area contributed by atoms with Crippen LogP contribution >= 0.6 is 0 Å². The van der Waals surface area contributed by atoms with Gasteiger partial charge in [0.15, 0.2) is 0 Å². The highest BCUT2D eigenvalue weighted by atomic mass is 19.1. The summed E-state index contributed by atoms with van der Waals surface area (Å²) in [7, 11) is 3.21. The van der Waals surface area contributed by atoms with E-state index in [-0.39, 0.29) is 11.8 Å². The van der Waals surface area contributed by atoms with Gasteiger partial charge in [0.2, 0.25) is 0 Å². The minimum Gasteiger partial charge on any atom is -0.466 e. The number of benzene rings is 1. The summed E-state index contributed by atoms with van der Waals surface area (Å²) in [5.74, 6) is -0.586. The van der Waals surface area contributed by atoms with Crippen molar-refractivity contribution in [2.24, 2.45) is 0 Å². The van der Waals surface area contributed by atoms with Gasteiger partial charge in [0.1, 0.15) is 5.82 Å². The molecule has 0 aliphatic carbocycles. The topological polar surface area (TPSA) is 29.5 Å². The number of halogens is 1. The Morgan fingerprint density at radius 1 is 1.50 bits per heavy atom. The van der Waals surface area contributed by atoms with Crippen molar-refractivity contribution in [2.45, 2.75) is 13.3 Å². The van der Waals surface area contributed by atoms with Crippen molar-refractivity contribution in [2.75, 3.05) is 25.6 Å². The van der Waals surface area contributed by atoms with Gasteiger partial charge in [-0.25, -0.2) is 9.18 Å². The summed E-state index contributed by atoms with van der Waals surface area (Å²) in [5, 5.41) is 0. The Hall–Kier alpha value is -1.84. The Kier molecular flexibility index (Phi) is 5.36. The molecule has 98 valence electrons. The van der Waals surface area contributed by atoms with E-state index in [9.17, 15) is 9.18 Å². The number of nitrogens with zero attached hydrogens (tertiary/aromatic N) is 1. The number of hydrogen-bond acceptors (Lipinski definition) is 3. The van der Waals surface area contributed by atoms with Crippen LogP contribution in [0.2, 0.25) is 0 Å². The maximum absolute atomic E-state index is 13.1. The maximum atomic E-state index is 13.1. The first kappa shape index (κ1) is 14.2. The van der Waals surface area contributed by atoms with Crippen LogP contribution in [0.5, 0.6) is 0 Å². The van der Waals surface area contributed by atoms with Crippen molar-refractivity contribution in [3.05, 3.63) is 41.7 Å². The smallest absolute Gasteiger partial charge is 0.333 e. The van der Waals surface area contributed by atoms with Gasteiger partial charge in [0.05, 0.1) is 7.11 Å². The van der Waals surface area contributed by atoms with E-state index in [1.807, 2.05) is 24.9 Å². The zero-order valence-electron chi connectivity index (χ0n) is 10.9. The Morgan fingerprint density at radius 3 is 2.78 bits per heavy atom. The minimum atomic E-state index is -0.315. The second kappa shape index (κ2) is 6.79. The molecule has 0 saturated carbocycles. The Morgan fingerprint density at radius 2 is 2.22 bits per heavy atom. The minimum absolute atomic E-state index is 0.271. The van der Waals surface area contributed by atoms with Gasteiger partial charge < -0.3 is 9.64 Å². The molecule has 18 heavy (non-hydrogen) atoms. The van der Waals surface area contributed by atoms with Gasteiger partial charge >= 0.3 is 5.97 Å². The highest BCUT2D eigenvalue weighted by molar-refractivity contribution is 5.88. The Labute approximate surface area is 107 Å². The molecule has 0 N–H and O–H groups in total. The molecular formula is C14H18FNO2. The van der Waals surface area contributed by atoms with Gasteiger partial charge in [-0.1, -0.05) is 19.1 Å². The van der Waals surface area contributed by atoms with E-state index in [4.69, 9.17) is 0 Å². The van der Waals surface area contributed by atoms with Crippen LogP contribution in [0, 0.1) is 5.82 Å². The Balaban J connectivity index is 2.73. The van der Waals surface area contributed by atoms with Crippen LogP contribution < -0.4 is 4.90 Å². The molecule has 0 aromatic heterocycles. The molecule has 3 nitrogen and oxygen atoms in total. The lowest BCUT2D eigenvalue weighted by Gasteiger charge is -2.17. The Bertz CT molecular complexity index is 443. The predicted octanol–water partition coefficient (Wildman–Crippen LogP) is 2.77. The summed E-state index contributed by atoms with van der Waals surface area (Å²) in [6, 6.07) is 6.34. The van der Waals surface area contributed by atoms with E-state index in [1.165, 1.54) is 19.2 Å². The number of carbonyl (C=O) groups is 1. The highest BCUT2D eigenvalue weighted by Gasteiger charge is 2.07. The number of anilines is 1. The molecule has 0 aliphatic heterocycles. The average Bonchev–Trinajstić information content (AvgIpc) is 2.38. The standard InChI is InChI=1S/C14H18FNO2/c1-4-11(14(17)18-3)8-9-16(2)13-7-5-6-12(15)10-13/h5-8,10H,4,9H2,1-3H3. The molecule has 0 amide bonds. The largest absolute Gasteiger partial charge is 0.466 e. The molecular weight excluding hydrogens is 233 g/mol. The first-order valence-corrected chi connectivity index (χ1v) is 5.82. The number of ether oxygens (including phenoxy) is 1. The van der Waals surface area contributed by atoms with E-state index in [0.717, 1.165) is 5.69 Å². The number of esters is 1. The van der Waals surface area contributed by atoms with Crippen molar-refractivity contribution in [1.82, 2.24) is 0 Å². The summed E-state index contributed by atoms with van der Waals surface area (Å²) < 4.78 is 17.7. The molecule has 0 bridgehead atoms. The van der Waals surface area contributed by atoms with Crippen molar-refractivity contribution in [3.8, 4) is 0 Å². The second-order valence-corrected chi connectivity index (χ2v) is 3.93. The molecule has 0 saturated heterocycles. The van der Waals surface area contributed by atoms with Gasteiger partial charge in [0.25, 0.3) is 0 Å². The molecule has 0 atom stereocenters. The SMILES string of the molecule is CCC(=CCN(C)c1cccc(F)c1)C(=O)OC. The van der Waals surface area contributed by atoms with Crippen LogP contribution in [-0.2, 0) is 9.53 Å². The first-order chi connectivity index (χ1) is 8.58. The molecule has 1 rings (SSSR count). The summed E-state index contributed by atoms with van der Waals surface area (Å²) in [6.45, 7) is 2.42. The van der Waals surface area contributed by atoms with Crippen LogP contribution in [0.3, 0.4) is 0 Å². The summed E-state index contributed by atoms with van der Waals surface area (Å²) in [5.41, 5.74) is 1.40. The monoisotopic (exact) mass is 251 g/mol. The fourth-order valence-electron chi connectivity index (χ4n) is 1.57. The maximum Gasteiger partial charge on any atom is 0.333 e. The van der Waals surface area contributed by atoms with E-state index in [1.54, 1.807) is 12.1 Å². The predicted molar refractivity (Wildman–Crippen MR) is 70.1 cm³/mol. The molecule has 1 aromatic carbocycles. The molecule has 0 radical (unpaired) electrons. The summed E-state index contributed by atoms with van der Waals surface area (Å²) in [4.78, 5) is 13.2. The lowest BCUT2D eigenvalue weighted by Crippen LogP contribution is -2.18. The van der Waals surface area contributed by atoms with Gasteiger partial charge in [-0.15, -0.1) is 0 Å². The molecule has 0 spiro atoms. The molecule has 4 heteroatoms. The molecule has 0 fully saturated rings. The number of likely N-dealkylation sites (N-methyl/N-ethyl adjacent to an activating group) is 1. The lowest BCUT2D eigenvalue weighted by molar-refractivity contribution is -0.136. The van der Waals surface area contributed by atoms with E-state index in [2.05, 4.69) is 4.74 Å². The summed E-state index contributed by atoms with van der Waals surface area (Å²) in [6.07, 6.45) is 2.42. The highest BCUT2D eigenvalue weighted by Crippen LogP contribution is 2.14. The quantitative estimate of drug-likeness (QED) is 0.595. The number of hydrogen-bond donors (Lipinski definition) is 0. The third-order valence-electron chi connectivity index (χ3n) is 2.69. The summed E-state index contributed by atoms with van der Waals surface area (Å²) >= 11 is 0. The lowest BCUT2D eigenvalue weighted by atomic mass is 10.2. The van der Waals surface area contributed by atoms with Crippen molar-refractivity contribution < 1.29 is 13.9 Å². The van der Waals surface area contributed by atoms with Crippen molar-refractivity contribution >= 4 is 11.7 Å². The normalized spacial score (nSPS) is 11.2. The molecule has 0 aliphatic rings. The third kappa shape index (κ3) is 3.87. The van der Waals surface area contributed by atoms with Crippen LogP contribution in [0.15, 0.2) is 35.9 Å². The van der Waals surface area contributed by atoms with Crippen LogP contribution in [0.25, 0.3) is 0 Å². The van der Waals surface area contributed by atoms with Crippen molar-refractivity contribution in [3.63, 3.8) is 0 Å². The van der Waals surface area contributed by atoms with Crippen LogP contribution in [0.4, 0.5) is 10.1 Å². The zero-order valence-corrected chi connectivity index (χ0v) is 10.9. The number of rotatable bonds is 5. The fourth-order valence-corrected chi connectivity index (χ4v) is 1.57. The van der Waals surface area contributed by atoms with Crippen LogP contribution in [-0.4, -0.2) is 26.7 Å². The van der Waals surface area contributed by atoms with Gasteiger partial charge in [-0.05, 0) is 24.6 Å². The number of methoxy groups -OCH3 is 1. The zero-order chi connectivity index (χ0) is 13.5. The second-order valence-electron chi connectivity index (χ2n) is 3.93. The van der Waals surface area contributed by atoms with Gasteiger partial charge in [0, 0.05) is 24.9 Å². The average molecular weight is 251 g/mol. The fraction of sp³-hybridized carbons (Fsp3) is 0.357. The van der Waals surface area contributed by atoms with Crippen LogP contribution in [0.1, 0.15) is 13.3 Å². The van der Waals surface area contributed by atoms with E-state index in [0.29, 0.717) is 18.5 Å².